The number of halogens is 1. The Kier molecular flexibility index (Phi) is 5.47. The highest BCUT2D eigenvalue weighted by Gasteiger charge is 2.44. The number of hydrogen-bond acceptors (Lipinski definition) is 3. The smallest absolute Gasteiger partial charge is 0.341 e. The van der Waals surface area contributed by atoms with Crippen molar-refractivity contribution in [2.45, 2.75) is 25.3 Å². The molecule has 1 saturated carbocycles. The summed E-state index contributed by atoms with van der Waals surface area (Å²) in [5.41, 5.74) is 2.03. The van der Waals surface area contributed by atoms with E-state index in [9.17, 15) is 9.59 Å². The molecule has 0 aromatic heterocycles. The first-order valence-electron chi connectivity index (χ1n) is 8.44. The number of amides is 1. The molecule has 6 heteroatoms. The van der Waals surface area contributed by atoms with Gasteiger partial charge in [-0.3, -0.25) is 4.79 Å². The molecule has 0 spiro atoms. The fourth-order valence-electron chi connectivity index (χ4n) is 2.99. The molecule has 3 atom stereocenters. The van der Waals surface area contributed by atoms with Crippen molar-refractivity contribution < 1.29 is 19.4 Å². The quantitative estimate of drug-likeness (QED) is 0.774. The van der Waals surface area contributed by atoms with Crippen LogP contribution in [0.25, 0.3) is 0 Å². The van der Waals surface area contributed by atoms with Crippen LogP contribution >= 0.6 is 11.6 Å². The van der Waals surface area contributed by atoms with Gasteiger partial charge in [0.15, 0.2) is 6.61 Å². The topological polar surface area (TPSA) is 75.6 Å². The third-order valence-electron chi connectivity index (χ3n) is 4.51. The predicted molar refractivity (Wildman–Crippen MR) is 98.4 cm³/mol. The van der Waals surface area contributed by atoms with Gasteiger partial charge < -0.3 is 15.2 Å². The Hall–Kier alpha value is -2.53. The molecule has 1 aliphatic rings. The monoisotopic (exact) mass is 373 g/mol. The van der Waals surface area contributed by atoms with Crippen LogP contribution in [0.15, 0.2) is 48.5 Å². The van der Waals surface area contributed by atoms with Gasteiger partial charge >= 0.3 is 5.97 Å². The average Bonchev–Trinajstić information content (AvgIpc) is 3.41. The highest BCUT2D eigenvalue weighted by molar-refractivity contribution is 6.30. The van der Waals surface area contributed by atoms with Crippen LogP contribution in [0.3, 0.4) is 0 Å². The van der Waals surface area contributed by atoms with Gasteiger partial charge in [-0.05, 0) is 54.7 Å². The van der Waals surface area contributed by atoms with Crippen LogP contribution in [0.2, 0.25) is 5.02 Å². The van der Waals surface area contributed by atoms with Gasteiger partial charge in [-0.1, -0.05) is 35.9 Å². The second kappa shape index (κ2) is 7.79. The van der Waals surface area contributed by atoms with Crippen molar-refractivity contribution in [2.24, 2.45) is 5.92 Å². The SMILES string of the molecule is CC(NC(=O)C1CC1c1cccc(Cl)c1)c1ccc(OCC(=O)O)cc1. The van der Waals surface area contributed by atoms with E-state index in [1.54, 1.807) is 12.1 Å². The van der Waals surface area contributed by atoms with Crippen LogP contribution in [0.1, 0.15) is 36.4 Å². The minimum Gasteiger partial charge on any atom is -0.482 e. The van der Waals surface area contributed by atoms with Crippen LogP contribution < -0.4 is 10.1 Å². The van der Waals surface area contributed by atoms with E-state index in [1.165, 1.54) is 0 Å². The van der Waals surface area contributed by atoms with Crippen molar-refractivity contribution in [3.05, 3.63) is 64.7 Å². The molecule has 5 nitrogen and oxygen atoms in total. The average molecular weight is 374 g/mol. The summed E-state index contributed by atoms with van der Waals surface area (Å²) in [6, 6.07) is 14.6. The minimum absolute atomic E-state index is 0.0194. The Bertz CT molecular complexity index is 806. The molecule has 26 heavy (non-hydrogen) atoms. The molecule has 3 unspecified atom stereocenters. The third-order valence-corrected chi connectivity index (χ3v) is 4.74. The van der Waals surface area contributed by atoms with Crippen LogP contribution in [-0.2, 0) is 9.59 Å². The standard InChI is InChI=1S/C20H20ClNO4/c1-12(13-5-7-16(8-6-13)26-11-19(23)24)22-20(25)18-10-17(18)14-3-2-4-15(21)9-14/h2-9,12,17-18H,10-11H2,1H3,(H,22,25)(H,23,24). The summed E-state index contributed by atoms with van der Waals surface area (Å²) >= 11 is 6.02. The van der Waals surface area contributed by atoms with Crippen LogP contribution in [-0.4, -0.2) is 23.6 Å². The molecule has 0 radical (unpaired) electrons. The number of nitrogens with one attached hydrogen (secondary N) is 1. The van der Waals surface area contributed by atoms with Gasteiger partial charge in [0.2, 0.25) is 5.91 Å². The Morgan fingerprint density at radius 3 is 2.65 bits per heavy atom. The number of carbonyl (C=O) groups is 2. The van der Waals surface area contributed by atoms with Crippen molar-refractivity contribution in [3.63, 3.8) is 0 Å². The first-order valence-corrected chi connectivity index (χ1v) is 8.82. The molecule has 0 heterocycles. The van der Waals surface area contributed by atoms with Crippen molar-refractivity contribution in [1.29, 1.82) is 0 Å². The van der Waals surface area contributed by atoms with Gasteiger partial charge in [-0.15, -0.1) is 0 Å². The predicted octanol–water partition coefficient (Wildman–Crippen LogP) is 3.78. The molecule has 1 aliphatic carbocycles. The lowest BCUT2D eigenvalue weighted by molar-refractivity contribution is -0.139. The number of carboxylic acids is 1. The lowest BCUT2D eigenvalue weighted by atomic mass is 10.1. The molecule has 0 bridgehead atoms. The zero-order valence-corrected chi connectivity index (χ0v) is 15.1. The summed E-state index contributed by atoms with van der Waals surface area (Å²) in [5, 5.41) is 12.3. The lowest BCUT2D eigenvalue weighted by Gasteiger charge is -2.15. The van der Waals surface area contributed by atoms with Crippen molar-refractivity contribution in [1.82, 2.24) is 5.32 Å². The van der Waals surface area contributed by atoms with Gasteiger partial charge in [0, 0.05) is 10.9 Å². The van der Waals surface area contributed by atoms with E-state index in [-0.39, 0.29) is 30.4 Å². The Labute approximate surface area is 156 Å². The maximum atomic E-state index is 12.5. The van der Waals surface area contributed by atoms with Gasteiger partial charge in [0.1, 0.15) is 5.75 Å². The van der Waals surface area contributed by atoms with Gasteiger partial charge in [-0.25, -0.2) is 4.79 Å². The van der Waals surface area contributed by atoms with E-state index >= 15 is 0 Å². The molecule has 1 fully saturated rings. The highest BCUT2D eigenvalue weighted by atomic mass is 35.5. The summed E-state index contributed by atoms with van der Waals surface area (Å²) in [6.07, 6.45) is 0.834. The largest absolute Gasteiger partial charge is 0.482 e. The van der Waals surface area contributed by atoms with Gasteiger partial charge in [-0.2, -0.15) is 0 Å². The Balaban J connectivity index is 1.54. The van der Waals surface area contributed by atoms with E-state index in [4.69, 9.17) is 21.4 Å². The summed E-state index contributed by atoms with van der Waals surface area (Å²) in [5.74, 6) is -0.290. The van der Waals surface area contributed by atoms with Crippen molar-refractivity contribution >= 4 is 23.5 Å². The molecular weight excluding hydrogens is 354 g/mol. The van der Waals surface area contributed by atoms with E-state index in [1.807, 2.05) is 43.3 Å². The second-order valence-electron chi connectivity index (χ2n) is 6.49. The van der Waals surface area contributed by atoms with Crippen LogP contribution in [0.4, 0.5) is 0 Å². The van der Waals surface area contributed by atoms with E-state index < -0.39 is 5.97 Å². The minimum atomic E-state index is -1.02. The molecule has 0 aliphatic heterocycles. The zero-order chi connectivity index (χ0) is 18.7. The fraction of sp³-hybridized carbons (Fsp3) is 0.300. The zero-order valence-electron chi connectivity index (χ0n) is 14.3. The first kappa shape index (κ1) is 18.3. The molecule has 3 rings (SSSR count). The van der Waals surface area contributed by atoms with E-state index in [2.05, 4.69) is 5.32 Å². The maximum Gasteiger partial charge on any atom is 0.341 e. The Morgan fingerprint density at radius 1 is 1.27 bits per heavy atom. The summed E-state index contributed by atoms with van der Waals surface area (Å²) in [4.78, 5) is 23.0. The maximum absolute atomic E-state index is 12.5. The number of aliphatic carboxylic acids is 1. The van der Waals surface area contributed by atoms with Crippen molar-refractivity contribution in [3.8, 4) is 5.75 Å². The normalized spacial score (nSPS) is 19.5. The third kappa shape index (κ3) is 4.55. The van der Waals surface area contributed by atoms with Gasteiger partial charge in [0.25, 0.3) is 0 Å². The number of ether oxygens (including phenoxy) is 1. The molecule has 0 saturated heterocycles. The first-order chi connectivity index (χ1) is 12.4. The molecule has 2 N–H and O–H groups in total. The molecule has 1 amide bonds. The van der Waals surface area contributed by atoms with Crippen LogP contribution in [0, 0.1) is 5.92 Å². The lowest BCUT2D eigenvalue weighted by Crippen LogP contribution is -2.28. The molecule has 2 aromatic carbocycles. The van der Waals surface area contributed by atoms with E-state index in [0.717, 1.165) is 17.5 Å². The number of carbonyl (C=O) groups excluding carboxylic acids is 1. The molecular formula is C20H20ClNO4. The second-order valence-corrected chi connectivity index (χ2v) is 6.92. The van der Waals surface area contributed by atoms with Crippen LogP contribution in [0.5, 0.6) is 5.75 Å². The highest BCUT2D eigenvalue weighted by Crippen LogP contribution is 2.48. The summed E-state index contributed by atoms with van der Waals surface area (Å²) in [6.45, 7) is 1.54. The Morgan fingerprint density at radius 2 is 2.00 bits per heavy atom. The summed E-state index contributed by atoms with van der Waals surface area (Å²) < 4.78 is 5.11. The number of benzene rings is 2. The molecule has 2 aromatic rings. The molecule has 136 valence electrons. The fourth-order valence-corrected chi connectivity index (χ4v) is 3.19. The van der Waals surface area contributed by atoms with Crippen molar-refractivity contribution in [2.75, 3.05) is 6.61 Å². The number of carboxylic acid groups (broad SMARTS) is 1. The van der Waals surface area contributed by atoms with Gasteiger partial charge in [0.05, 0.1) is 6.04 Å². The van der Waals surface area contributed by atoms with E-state index in [0.29, 0.717) is 10.8 Å². The number of hydrogen-bond donors (Lipinski definition) is 2. The summed E-state index contributed by atoms with van der Waals surface area (Å²) in [7, 11) is 0. The number of rotatable bonds is 7.